The smallest absolute Gasteiger partial charge is 0.303 e. The molecule has 2 unspecified atom stereocenters. The summed E-state index contributed by atoms with van der Waals surface area (Å²) in [5.41, 5.74) is 2.77. The average molecular weight is 429 g/mol. The van der Waals surface area contributed by atoms with Gasteiger partial charge >= 0.3 is 5.97 Å². The number of methoxy groups -OCH3 is 2. The van der Waals surface area contributed by atoms with E-state index in [9.17, 15) is 4.79 Å². The standard InChI is InChI=1S/C25H32O4S/c1-25(18-10-12-19(28-2)13-11-18)17-30-23-16-20(29-3)14-15-21(23)22(25)8-6-4-5-7-9-24(26)27/h10-16,22H,4-9,17H2,1-3H3,(H,26,27). The molecule has 3 rings (SSSR count). The molecule has 0 saturated heterocycles. The van der Waals surface area contributed by atoms with Gasteiger partial charge in [-0.2, -0.15) is 0 Å². The van der Waals surface area contributed by atoms with Crippen molar-refractivity contribution in [3.8, 4) is 11.5 Å². The average Bonchev–Trinajstić information content (AvgIpc) is 2.76. The maximum atomic E-state index is 10.7. The van der Waals surface area contributed by atoms with Crippen LogP contribution in [0.3, 0.4) is 0 Å². The summed E-state index contributed by atoms with van der Waals surface area (Å²) in [5.74, 6) is 2.51. The van der Waals surface area contributed by atoms with E-state index < -0.39 is 5.97 Å². The molecule has 2 atom stereocenters. The molecule has 30 heavy (non-hydrogen) atoms. The number of fused-ring (bicyclic) bond motifs is 1. The van der Waals surface area contributed by atoms with Crippen molar-refractivity contribution >= 4 is 17.7 Å². The summed E-state index contributed by atoms with van der Waals surface area (Å²) in [4.78, 5) is 12.1. The lowest BCUT2D eigenvalue weighted by molar-refractivity contribution is -0.137. The third kappa shape index (κ3) is 5.12. The maximum absolute atomic E-state index is 10.7. The van der Waals surface area contributed by atoms with E-state index >= 15 is 0 Å². The summed E-state index contributed by atoms with van der Waals surface area (Å²) in [6, 6.07) is 15.0. The van der Waals surface area contributed by atoms with E-state index in [0.717, 1.165) is 49.4 Å². The van der Waals surface area contributed by atoms with E-state index in [4.69, 9.17) is 14.6 Å². The predicted molar refractivity (Wildman–Crippen MR) is 122 cm³/mol. The van der Waals surface area contributed by atoms with Crippen molar-refractivity contribution in [2.45, 2.75) is 61.7 Å². The predicted octanol–water partition coefficient (Wildman–Crippen LogP) is 6.28. The summed E-state index contributed by atoms with van der Waals surface area (Å²) in [6.45, 7) is 2.38. The first-order valence-electron chi connectivity index (χ1n) is 10.6. The van der Waals surface area contributed by atoms with Crippen LogP contribution in [0.5, 0.6) is 11.5 Å². The maximum Gasteiger partial charge on any atom is 0.303 e. The third-order valence-electron chi connectivity index (χ3n) is 6.28. The van der Waals surface area contributed by atoms with E-state index in [2.05, 4.69) is 49.4 Å². The van der Waals surface area contributed by atoms with Crippen molar-refractivity contribution in [3.05, 3.63) is 53.6 Å². The van der Waals surface area contributed by atoms with Gasteiger partial charge in [0.15, 0.2) is 0 Å². The van der Waals surface area contributed by atoms with Gasteiger partial charge in [0, 0.05) is 22.5 Å². The fourth-order valence-corrected chi connectivity index (χ4v) is 5.83. The van der Waals surface area contributed by atoms with Crippen LogP contribution in [0.15, 0.2) is 47.4 Å². The number of unbranched alkanes of at least 4 members (excludes halogenated alkanes) is 3. The Morgan fingerprint density at radius 2 is 1.70 bits per heavy atom. The molecular weight excluding hydrogens is 396 g/mol. The van der Waals surface area contributed by atoms with Crippen molar-refractivity contribution in [3.63, 3.8) is 0 Å². The van der Waals surface area contributed by atoms with Gasteiger partial charge in [-0.25, -0.2) is 0 Å². The minimum absolute atomic E-state index is 0.0274. The summed E-state index contributed by atoms with van der Waals surface area (Å²) < 4.78 is 10.8. The molecule has 1 N–H and O–H groups in total. The van der Waals surface area contributed by atoms with Crippen molar-refractivity contribution in [1.29, 1.82) is 0 Å². The number of hydrogen-bond donors (Lipinski definition) is 1. The number of aliphatic carboxylic acids is 1. The lowest BCUT2D eigenvalue weighted by atomic mass is 9.68. The Morgan fingerprint density at radius 3 is 2.37 bits per heavy atom. The van der Waals surface area contributed by atoms with Gasteiger partial charge < -0.3 is 14.6 Å². The minimum atomic E-state index is -0.700. The van der Waals surface area contributed by atoms with Crippen molar-refractivity contribution in [2.75, 3.05) is 20.0 Å². The Hall–Kier alpha value is -2.14. The quantitative estimate of drug-likeness (QED) is 0.452. The van der Waals surface area contributed by atoms with Crippen molar-refractivity contribution in [1.82, 2.24) is 0 Å². The molecule has 0 aliphatic carbocycles. The zero-order valence-electron chi connectivity index (χ0n) is 18.1. The topological polar surface area (TPSA) is 55.8 Å². The molecule has 0 amide bonds. The Kier molecular flexibility index (Phi) is 7.70. The highest BCUT2D eigenvalue weighted by Crippen LogP contribution is 2.52. The van der Waals surface area contributed by atoms with Gasteiger partial charge in [0.2, 0.25) is 0 Å². The fourth-order valence-electron chi connectivity index (χ4n) is 4.43. The number of carboxylic acid groups (broad SMARTS) is 1. The Labute approximate surface area is 184 Å². The van der Waals surface area contributed by atoms with Crippen LogP contribution in [-0.4, -0.2) is 31.0 Å². The first kappa shape index (κ1) is 22.5. The van der Waals surface area contributed by atoms with Crippen LogP contribution in [0, 0.1) is 0 Å². The second-order valence-electron chi connectivity index (χ2n) is 8.24. The summed E-state index contributed by atoms with van der Waals surface area (Å²) in [6.07, 6.45) is 5.27. The van der Waals surface area contributed by atoms with Gasteiger partial charge in [-0.3, -0.25) is 4.79 Å². The molecule has 0 saturated carbocycles. The van der Waals surface area contributed by atoms with Crippen LogP contribution in [0.4, 0.5) is 0 Å². The molecule has 2 aromatic rings. The Balaban J connectivity index is 1.81. The highest BCUT2D eigenvalue weighted by molar-refractivity contribution is 7.99. The minimum Gasteiger partial charge on any atom is -0.497 e. The van der Waals surface area contributed by atoms with Crippen molar-refractivity contribution < 1.29 is 19.4 Å². The highest BCUT2D eigenvalue weighted by Gasteiger charge is 2.41. The van der Waals surface area contributed by atoms with Gasteiger partial charge in [0.05, 0.1) is 14.2 Å². The lowest BCUT2D eigenvalue weighted by Crippen LogP contribution is -2.36. The first-order valence-corrected chi connectivity index (χ1v) is 11.6. The van der Waals surface area contributed by atoms with Gasteiger partial charge in [0.25, 0.3) is 0 Å². The van der Waals surface area contributed by atoms with E-state index in [0.29, 0.717) is 5.92 Å². The van der Waals surface area contributed by atoms with Gasteiger partial charge in [-0.05, 0) is 54.2 Å². The van der Waals surface area contributed by atoms with Crippen LogP contribution in [0.1, 0.15) is 62.5 Å². The molecule has 1 aliphatic rings. The first-order chi connectivity index (χ1) is 14.5. The Morgan fingerprint density at radius 1 is 1.03 bits per heavy atom. The molecule has 1 aliphatic heterocycles. The fraction of sp³-hybridized carbons (Fsp3) is 0.480. The van der Waals surface area contributed by atoms with E-state index in [-0.39, 0.29) is 11.8 Å². The molecule has 0 radical (unpaired) electrons. The normalized spacial score (nSPS) is 20.4. The molecule has 0 spiro atoms. The lowest BCUT2D eigenvalue weighted by Gasteiger charge is -2.43. The SMILES string of the molecule is COc1ccc(C2(C)CSc3cc(OC)ccc3C2CCCCCCC(=O)O)cc1. The van der Waals surface area contributed by atoms with E-state index in [1.165, 1.54) is 16.0 Å². The molecular formula is C25H32O4S. The van der Waals surface area contributed by atoms with E-state index in [1.807, 2.05) is 11.8 Å². The monoisotopic (exact) mass is 428 g/mol. The molecule has 162 valence electrons. The third-order valence-corrected chi connectivity index (χ3v) is 7.68. The number of benzene rings is 2. The van der Waals surface area contributed by atoms with E-state index in [1.54, 1.807) is 14.2 Å². The number of hydrogen-bond acceptors (Lipinski definition) is 4. The second kappa shape index (κ2) is 10.3. The van der Waals surface area contributed by atoms with Crippen LogP contribution in [0.2, 0.25) is 0 Å². The molecule has 5 heteroatoms. The molecule has 2 aromatic carbocycles. The summed E-state index contributed by atoms with van der Waals surface area (Å²) in [5, 5.41) is 8.84. The zero-order chi connectivity index (χ0) is 21.6. The molecule has 0 fully saturated rings. The molecule has 0 bridgehead atoms. The number of carboxylic acids is 1. The number of rotatable bonds is 10. The van der Waals surface area contributed by atoms with Crippen LogP contribution in [0.25, 0.3) is 0 Å². The van der Waals surface area contributed by atoms with Crippen LogP contribution in [-0.2, 0) is 10.2 Å². The second-order valence-corrected chi connectivity index (χ2v) is 9.25. The van der Waals surface area contributed by atoms with Gasteiger partial charge in [-0.1, -0.05) is 44.4 Å². The number of ether oxygens (including phenoxy) is 2. The van der Waals surface area contributed by atoms with Crippen LogP contribution >= 0.6 is 11.8 Å². The molecule has 4 nitrogen and oxygen atoms in total. The molecule has 0 aromatic heterocycles. The van der Waals surface area contributed by atoms with Crippen LogP contribution < -0.4 is 9.47 Å². The number of thioether (sulfide) groups is 1. The summed E-state index contributed by atoms with van der Waals surface area (Å²) in [7, 11) is 3.41. The number of carbonyl (C=O) groups is 1. The zero-order valence-corrected chi connectivity index (χ0v) is 19.0. The molecule has 1 heterocycles. The Bertz CT molecular complexity index is 849. The largest absolute Gasteiger partial charge is 0.497 e. The van der Waals surface area contributed by atoms with Gasteiger partial charge in [0.1, 0.15) is 11.5 Å². The van der Waals surface area contributed by atoms with Gasteiger partial charge in [-0.15, -0.1) is 11.8 Å². The highest BCUT2D eigenvalue weighted by atomic mass is 32.2. The summed E-state index contributed by atoms with van der Waals surface area (Å²) >= 11 is 1.91. The van der Waals surface area contributed by atoms with Crippen molar-refractivity contribution in [2.24, 2.45) is 0 Å².